The van der Waals surface area contributed by atoms with Crippen LogP contribution >= 0.6 is 0 Å². The maximum absolute atomic E-state index is 12.7. The fraction of sp³-hybridized carbons (Fsp3) is 0.233. The molecular formula is C30H29NO7. The number of methoxy groups -OCH3 is 1. The van der Waals surface area contributed by atoms with E-state index < -0.39 is 6.10 Å². The summed E-state index contributed by atoms with van der Waals surface area (Å²) in [5.74, 6) is 7.89. The Morgan fingerprint density at radius 2 is 1.50 bits per heavy atom. The third kappa shape index (κ3) is 9.02. The average Bonchev–Trinajstić information content (AvgIpc) is 2.95. The van der Waals surface area contributed by atoms with Crippen LogP contribution < -0.4 is 29.0 Å². The average molecular weight is 516 g/mol. The highest BCUT2D eigenvalue weighted by atomic mass is 16.5. The molecule has 38 heavy (non-hydrogen) atoms. The first kappa shape index (κ1) is 27.8. The third-order valence-electron chi connectivity index (χ3n) is 4.98. The van der Waals surface area contributed by atoms with Crippen LogP contribution in [0.15, 0.2) is 72.8 Å². The molecule has 0 aliphatic heterocycles. The van der Waals surface area contributed by atoms with Crippen molar-refractivity contribution in [3.63, 3.8) is 0 Å². The van der Waals surface area contributed by atoms with Crippen molar-refractivity contribution in [3.8, 4) is 59.2 Å². The largest absolute Gasteiger partial charge is 0.493 e. The summed E-state index contributed by atoms with van der Waals surface area (Å²) in [7, 11) is 1.52. The summed E-state index contributed by atoms with van der Waals surface area (Å²) in [6.07, 6.45) is 9.62. The number of para-hydroxylation sites is 1. The summed E-state index contributed by atoms with van der Waals surface area (Å²) in [5, 5.41) is 2.77. The summed E-state index contributed by atoms with van der Waals surface area (Å²) in [6, 6.07) is 21.6. The van der Waals surface area contributed by atoms with Crippen LogP contribution in [0, 0.1) is 24.7 Å². The lowest BCUT2D eigenvalue weighted by Gasteiger charge is -2.18. The van der Waals surface area contributed by atoms with E-state index in [1.165, 1.54) is 7.11 Å². The van der Waals surface area contributed by atoms with E-state index in [1.54, 1.807) is 42.5 Å². The Labute approximate surface area is 222 Å². The molecule has 3 aromatic rings. The normalized spacial score (nSPS) is 10.8. The Morgan fingerprint density at radius 3 is 2.21 bits per heavy atom. The van der Waals surface area contributed by atoms with Crippen molar-refractivity contribution in [2.24, 2.45) is 0 Å². The van der Waals surface area contributed by atoms with E-state index in [0.29, 0.717) is 28.7 Å². The number of amides is 1. The first-order chi connectivity index (χ1) is 18.6. The lowest BCUT2D eigenvalue weighted by atomic mass is 10.3. The van der Waals surface area contributed by atoms with Crippen LogP contribution in [0.1, 0.15) is 0 Å². The molecule has 0 fully saturated rings. The number of ether oxygens (including phenoxy) is 6. The van der Waals surface area contributed by atoms with Crippen LogP contribution in [-0.4, -0.2) is 52.1 Å². The second-order valence-electron chi connectivity index (χ2n) is 7.65. The molecule has 1 N–H and O–H groups in total. The lowest BCUT2D eigenvalue weighted by Crippen LogP contribution is -2.41. The van der Waals surface area contributed by atoms with Gasteiger partial charge in [-0.05, 0) is 48.5 Å². The van der Waals surface area contributed by atoms with E-state index in [0.717, 1.165) is 5.75 Å². The van der Waals surface area contributed by atoms with Gasteiger partial charge in [0.15, 0.2) is 17.6 Å². The Hall–Kier alpha value is -4.79. The van der Waals surface area contributed by atoms with Crippen molar-refractivity contribution >= 4 is 5.91 Å². The molecule has 1 amide bonds. The molecule has 8 nitrogen and oxygen atoms in total. The van der Waals surface area contributed by atoms with Crippen molar-refractivity contribution in [1.82, 2.24) is 5.32 Å². The number of carbonyl (C=O) groups excluding carboxylic acids is 1. The Morgan fingerprint density at radius 1 is 0.816 bits per heavy atom. The van der Waals surface area contributed by atoms with Gasteiger partial charge in [0.05, 0.1) is 13.7 Å². The minimum absolute atomic E-state index is 0.0242. The monoisotopic (exact) mass is 515 g/mol. The van der Waals surface area contributed by atoms with Crippen LogP contribution in [0.2, 0.25) is 0 Å². The van der Waals surface area contributed by atoms with Gasteiger partial charge in [-0.2, -0.15) is 0 Å². The van der Waals surface area contributed by atoms with Gasteiger partial charge in [-0.1, -0.05) is 30.0 Å². The molecule has 1 atom stereocenters. The molecule has 0 bridgehead atoms. The van der Waals surface area contributed by atoms with Crippen molar-refractivity contribution in [1.29, 1.82) is 0 Å². The van der Waals surface area contributed by atoms with E-state index in [1.807, 2.05) is 30.3 Å². The molecule has 0 radical (unpaired) electrons. The van der Waals surface area contributed by atoms with Crippen molar-refractivity contribution < 1.29 is 33.2 Å². The zero-order chi connectivity index (χ0) is 27.0. The summed E-state index contributed by atoms with van der Waals surface area (Å²) < 4.78 is 33.4. The molecule has 3 aromatic carbocycles. The molecule has 0 heterocycles. The molecule has 0 spiro atoms. The van der Waals surface area contributed by atoms with Gasteiger partial charge in [-0.15, -0.1) is 12.8 Å². The zero-order valence-corrected chi connectivity index (χ0v) is 21.1. The van der Waals surface area contributed by atoms with Gasteiger partial charge in [0.25, 0.3) is 5.91 Å². The summed E-state index contributed by atoms with van der Waals surface area (Å²) in [6.45, 7) is 0.519. The van der Waals surface area contributed by atoms with Crippen LogP contribution in [0.3, 0.4) is 0 Å². The van der Waals surface area contributed by atoms with Gasteiger partial charge in [0.2, 0.25) is 0 Å². The molecule has 0 aliphatic rings. The number of rotatable bonds is 15. The van der Waals surface area contributed by atoms with Crippen LogP contribution in [0.5, 0.6) is 34.5 Å². The standard InChI is InChI=1S/C30H29NO7/c1-4-18-35-27-16-15-26(21-28(27)33-3)34-20-17-31-30(32)29(36-19-5-2)22-37-23-11-13-25(14-12-23)38-24-9-7-6-8-10-24/h1-2,6-16,21,29H,17-20,22H2,3H3,(H,31,32). The van der Waals surface area contributed by atoms with E-state index in [-0.39, 0.29) is 38.9 Å². The fourth-order valence-electron chi connectivity index (χ4n) is 3.18. The van der Waals surface area contributed by atoms with E-state index >= 15 is 0 Å². The Bertz CT molecular complexity index is 1230. The quantitative estimate of drug-likeness (QED) is 0.241. The van der Waals surface area contributed by atoms with E-state index in [4.69, 9.17) is 41.3 Å². The van der Waals surface area contributed by atoms with Crippen LogP contribution in [-0.2, 0) is 9.53 Å². The fourth-order valence-corrected chi connectivity index (χ4v) is 3.18. The molecule has 0 saturated carbocycles. The number of hydrogen-bond acceptors (Lipinski definition) is 7. The van der Waals surface area contributed by atoms with E-state index in [2.05, 4.69) is 17.2 Å². The maximum atomic E-state index is 12.7. The van der Waals surface area contributed by atoms with Crippen molar-refractivity contribution in [3.05, 3.63) is 72.8 Å². The summed E-state index contributed by atoms with van der Waals surface area (Å²) in [5.41, 5.74) is 0. The van der Waals surface area contributed by atoms with Gasteiger partial charge in [0, 0.05) is 6.07 Å². The highest BCUT2D eigenvalue weighted by Crippen LogP contribution is 2.31. The molecule has 0 saturated heterocycles. The molecule has 1 unspecified atom stereocenters. The Kier molecular flexibility index (Phi) is 11.2. The second kappa shape index (κ2) is 15.4. The third-order valence-corrected chi connectivity index (χ3v) is 4.98. The maximum Gasteiger partial charge on any atom is 0.252 e. The number of hydrogen-bond donors (Lipinski definition) is 1. The van der Waals surface area contributed by atoms with Gasteiger partial charge < -0.3 is 33.7 Å². The highest BCUT2D eigenvalue weighted by molar-refractivity contribution is 5.81. The predicted molar refractivity (Wildman–Crippen MR) is 143 cm³/mol. The van der Waals surface area contributed by atoms with Gasteiger partial charge in [-0.3, -0.25) is 4.79 Å². The van der Waals surface area contributed by atoms with Gasteiger partial charge in [-0.25, -0.2) is 0 Å². The second-order valence-corrected chi connectivity index (χ2v) is 7.65. The van der Waals surface area contributed by atoms with Crippen molar-refractivity contribution in [2.75, 3.05) is 40.1 Å². The molecule has 8 heteroatoms. The molecule has 0 aromatic heterocycles. The predicted octanol–water partition coefficient (Wildman–Crippen LogP) is 4.09. The summed E-state index contributed by atoms with van der Waals surface area (Å²) in [4.78, 5) is 12.7. The SMILES string of the molecule is C#CCOc1ccc(OCCNC(=O)C(COc2ccc(Oc3ccccc3)cc2)OCC#C)cc1OC. The lowest BCUT2D eigenvalue weighted by molar-refractivity contribution is -0.133. The zero-order valence-electron chi connectivity index (χ0n) is 21.1. The van der Waals surface area contributed by atoms with Gasteiger partial charge >= 0.3 is 0 Å². The minimum atomic E-state index is -0.904. The number of nitrogens with one attached hydrogen (secondary N) is 1. The summed E-state index contributed by atoms with van der Waals surface area (Å²) >= 11 is 0. The molecule has 3 rings (SSSR count). The van der Waals surface area contributed by atoms with Gasteiger partial charge in [0.1, 0.15) is 49.4 Å². The minimum Gasteiger partial charge on any atom is -0.493 e. The number of carbonyl (C=O) groups is 1. The molecule has 196 valence electrons. The number of terminal acetylenes is 2. The van der Waals surface area contributed by atoms with Crippen LogP contribution in [0.25, 0.3) is 0 Å². The molecule has 0 aliphatic carbocycles. The number of benzene rings is 3. The topological polar surface area (TPSA) is 84.5 Å². The highest BCUT2D eigenvalue weighted by Gasteiger charge is 2.20. The Balaban J connectivity index is 1.46. The van der Waals surface area contributed by atoms with E-state index in [9.17, 15) is 4.79 Å². The first-order valence-electron chi connectivity index (χ1n) is 11.8. The first-order valence-corrected chi connectivity index (χ1v) is 11.8. The molecular weight excluding hydrogens is 486 g/mol. The van der Waals surface area contributed by atoms with Crippen molar-refractivity contribution in [2.45, 2.75) is 6.10 Å². The van der Waals surface area contributed by atoms with Crippen LogP contribution in [0.4, 0.5) is 0 Å². The smallest absolute Gasteiger partial charge is 0.252 e.